The highest BCUT2D eigenvalue weighted by molar-refractivity contribution is 5.76. The topological polar surface area (TPSA) is 80.0 Å². The molecule has 0 atom stereocenters. The molecule has 1 heterocycles. The van der Waals surface area contributed by atoms with E-state index < -0.39 is 11.7 Å². The van der Waals surface area contributed by atoms with Crippen LogP contribution in [0.3, 0.4) is 0 Å². The summed E-state index contributed by atoms with van der Waals surface area (Å²) in [5.41, 5.74) is 4.51. The van der Waals surface area contributed by atoms with Crippen molar-refractivity contribution in [1.29, 1.82) is 0 Å². The number of aromatic nitrogens is 1. The third-order valence-corrected chi connectivity index (χ3v) is 3.00. The van der Waals surface area contributed by atoms with Crippen molar-refractivity contribution in [1.82, 2.24) is 10.3 Å². The van der Waals surface area contributed by atoms with Crippen LogP contribution in [0.2, 0.25) is 0 Å². The second-order valence-electron chi connectivity index (χ2n) is 5.04. The van der Waals surface area contributed by atoms with E-state index in [0.29, 0.717) is 25.4 Å². The number of hydrogen-bond donors (Lipinski definition) is 3. The van der Waals surface area contributed by atoms with Gasteiger partial charge in [0.15, 0.2) is 0 Å². The molecule has 1 amide bonds. The lowest BCUT2D eigenvalue weighted by atomic mass is 10.2. The second kappa shape index (κ2) is 6.19. The van der Waals surface area contributed by atoms with Crippen molar-refractivity contribution in [3.63, 3.8) is 0 Å². The lowest BCUT2D eigenvalue weighted by Crippen LogP contribution is -2.25. The van der Waals surface area contributed by atoms with Gasteiger partial charge in [0.05, 0.1) is 5.56 Å². The number of carbonyl (C=O) groups excluding carboxylic acids is 1. The van der Waals surface area contributed by atoms with Gasteiger partial charge < -0.3 is 16.4 Å². The maximum atomic E-state index is 12.6. The number of carbonyl (C=O) groups is 1. The van der Waals surface area contributed by atoms with Gasteiger partial charge in [-0.15, -0.1) is 0 Å². The van der Waals surface area contributed by atoms with Gasteiger partial charge in [0.1, 0.15) is 11.6 Å². The van der Waals surface area contributed by atoms with Crippen LogP contribution in [0, 0.1) is 0 Å². The van der Waals surface area contributed by atoms with E-state index in [1.165, 1.54) is 0 Å². The molecule has 21 heavy (non-hydrogen) atoms. The number of nitrogens with zero attached hydrogens (tertiary/aromatic N) is 1. The van der Waals surface area contributed by atoms with Gasteiger partial charge in [-0.25, -0.2) is 4.98 Å². The molecule has 0 spiro atoms. The maximum Gasteiger partial charge on any atom is 0.416 e. The Morgan fingerprint density at radius 3 is 2.71 bits per heavy atom. The summed E-state index contributed by atoms with van der Waals surface area (Å²) >= 11 is 0. The molecule has 0 radical (unpaired) electrons. The van der Waals surface area contributed by atoms with Crippen LogP contribution in [0.1, 0.15) is 31.2 Å². The number of halogens is 3. The predicted octanol–water partition coefficient (Wildman–Crippen LogP) is 2.15. The first kappa shape index (κ1) is 15.4. The van der Waals surface area contributed by atoms with Crippen LogP contribution in [-0.2, 0) is 11.0 Å². The van der Waals surface area contributed by atoms with Crippen LogP contribution in [0.4, 0.5) is 24.8 Å². The molecule has 1 aliphatic rings. The summed E-state index contributed by atoms with van der Waals surface area (Å²) in [6.07, 6.45) is -1.57. The van der Waals surface area contributed by atoms with E-state index >= 15 is 0 Å². The van der Waals surface area contributed by atoms with E-state index in [0.717, 1.165) is 25.0 Å². The van der Waals surface area contributed by atoms with E-state index in [2.05, 4.69) is 15.6 Å². The second-order valence-corrected chi connectivity index (χ2v) is 5.04. The number of anilines is 2. The molecule has 1 saturated carbocycles. The standard InChI is InChI=1S/C13H17F3N4O/c14-13(15,16)8-6-10(17)20-11(7-8)18-5-1-2-12(21)19-9-3-4-9/h6-7,9H,1-5H2,(H,19,21)(H3,17,18,20). The molecule has 5 nitrogen and oxygen atoms in total. The van der Waals surface area contributed by atoms with Crippen molar-refractivity contribution >= 4 is 17.5 Å². The fraction of sp³-hybridized carbons (Fsp3) is 0.538. The molecule has 0 aromatic carbocycles. The van der Waals surface area contributed by atoms with Crippen LogP contribution >= 0.6 is 0 Å². The molecule has 4 N–H and O–H groups in total. The number of hydrogen-bond acceptors (Lipinski definition) is 4. The minimum atomic E-state index is -4.46. The van der Waals surface area contributed by atoms with Gasteiger partial charge in [-0.1, -0.05) is 0 Å². The van der Waals surface area contributed by atoms with E-state index in [4.69, 9.17) is 5.73 Å². The van der Waals surface area contributed by atoms with E-state index in [-0.39, 0.29) is 17.5 Å². The van der Waals surface area contributed by atoms with Crippen LogP contribution in [-0.4, -0.2) is 23.5 Å². The summed E-state index contributed by atoms with van der Waals surface area (Å²) in [6, 6.07) is 2.00. The molecule has 2 rings (SSSR count). The summed E-state index contributed by atoms with van der Waals surface area (Å²) in [6.45, 7) is 0.353. The van der Waals surface area contributed by atoms with Gasteiger partial charge in [0, 0.05) is 19.0 Å². The fourth-order valence-corrected chi connectivity index (χ4v) is 1.80. The normalized spacial score (nSPS) is 14.8. The van der Waals surface area contributed by atoms with Crippen molar-refractivity contribution in [2.45, 2.75) is 37.9 Å². The smallest absolute Gasteiger partial charge is 0.384 e. The molecular weight excluding hydrogens is 285 g/mol. The number of pyridine rings is 1. The van der Waals surface area contributed by atoms with Gasteiger partial charge in [0.2, 0.25) is 5.91 Å². The predicted molar refractivity (Wildman–Crippen MR) is 72.5 cm³/mol. The van der Waals surface area contributed by atoms with Gasteiger partial charge in [-0.2, -0.15) is 13.2 Å². The maximum absolute atomic E-state index is 12.6. The Morgan fingerprint density at radius 2 is 2.10 bits per heavy atom. The van der Waals surface area contributed by atoms with Crippen molar-refractivity contribution in [3.8, 4) is 0 Å². The Hall–Kier alpha value is -1.99. The average molecular weight is 302 g/mol. The van der Waals surface area contributed by atoms with Crippen molar-refractivity contribution in [2.24, 2.45) is 0 Å². The number of nitrogens with one attached hydrogen (secondary N) is 2. The molecule has 1 aromatic rings. The highest BCUT2D eigenvalue weighted by Crippen LogP contribution is 2.31. The van der Waals surface area contributed by atoms with Gasteiger partial charge in [-0.3, -0.25) is 4.79 Å². The third-order valence-electron chi connectivity index (χ3n) is 3.00. The van der Waals surface area contributed by atoms with Gasteiger partial charge in [0.25, 0.3) is 0 Å². The largest absolute Gasteiger partial charge is 0.416 e. The SMILES string of the molecule is Nc1cc(C(F)(F)F)cc(NCCCC(=O)NC2CC2)n1. The lowest BCUT2D eigenvalue weighted by molar-refractivity contribution is -0.137. The number of rotatable bonds is 6. The lowest BCUT2D eigenvalue weighted by Gasteiger charge is -2.11. The van der Waals surface area contributed by atoms with Crippen molar-refractivity contribution in [2.75, 3.05) is 17.6 Å². The van der Waals surface area contributed by atoms with Crippen LogP contribution in [0.15, 0.2) is 12.1 Å². The number of alkyl halides is 3. The Balaban J connectivity index is 1.79. The first-order valence-corrected chi connectivity index (χ1v) is 6.72. The molecule has 8 heteroatoms. The fourth-order valence-electron chi connectivity index (χ4n) is 1.80. The summed E-state index contributed by atoms with van der Waals surface area (Å²) in [5, 5.41) is 5.59. The molecule has 0 saturated heterocycles. The summed E-state index contributed by atoms with van der Waals surface area (Å²) in [5.74, 6) is -0.167. The number of amides is 1. The van der Waals surface area contributed by atoms with Crippen LogP contribution in [0.25, 0.3) is 0 Å². The first-order valence-electron chi connectivity index (χ1n) is 6.72. The van der Waals surface area contributed by atoms with Crippen molar-refractivity contribution in [3.05, 3.63) is 17.7 Å². The average Bonchev–Trinajstić information content (AvgIpc) is 3.17. The zero-order valence-corrected chi connectivity index (χ0v) is 11.3. The molecular formula is C13H17F3N4O. The molecule has 0 aliphatic heterocycles. The number of nitrogens with two attached hydrogens (primary N) is 1. The highest BCUT2D eigenvalue weighted by atomic mass is 19.4. The number of nitrogen functional groups attached to an aromatic ring is 1. The van der Waals surface area contributed by atoms with Gasteiger partial charge in [-0.05, 0) is 31.4 Å². The summed E-state index contributed by atoms with van der Waals surface area (Å²) in [4.78, 5) is 15.2. The third kappa shape index (κ3) is 5.13. The Morgan fingerprint density at radius 1 is 1.38 bits per heavy atom. The molecule has 1 aromatic heterocycles. The Kier molecular flexibility index (Phi) is 4.54. The van der Waals surface area contributed by atoms with Crippen LogP contribution < -0.4 is 16.4 Å². The van der Waals surface area contributed by atoms with Gasteiger partial charge >= 0.3 is 6.18 Å². The van der Waals surface area contributed by atoms with Crippen molar-refractivity contribution < 1.29 is 18.0 Å². The Labute approximate surface area is 120 Å². The first-order chi connectivity index (χ1) is 9.84. The molecule has 0 bridgehead atoms. The zero-order chi connectivity index (χ0) is 15.5. The quantitative estimate of drug-likeness (QED) is 0.703. The summed E-state index contributed by atoms with van der Waals surface area (Å²) in [7, 11) is 0. The van der Waals surface area contributed by atoms with E-state index in [1.807, 2.05) is 0 Å². The molecule has 116 valence electrons. The molecule has 0 unspecified atom stereocenters. The highest BCUT2D eigenvalue weighted by Gasteiger charge is 2.31. The van der Waals surface area contributed by atoms with E-state index in [9.17, 15) is 18.0 Å². The molecule has 1 fully saturated rings. The minimum absolute atomic E-state index is 0.0317. The van der Waals surface area contributed by atoms with Crippen LogP contribution in [0.5, 0.6) is 0 Å². The Bertz CT molecular complexity index is 515. The molecule has 1 aliphatic carbocycles. The van der Waals surface area contributed by atoms with E-state index in [1.54, 1.807) is 0 Å². The monoisotopic (exact) mass is 302 g/mol. The summed E-state index contributed by atoms with van der Waals surface area (Å²) < 4.78 is 37.8. The minimum Gasteiger partial charge on any atom is -0.384 e. The zero-order valence-electron chi connectivity index (χ0n) is 11.3.